The van der Waals surface area contributed by atoms with Gasteiger partial charge in [0.15, 0.2) is 11.6 Å². The van der Waals surface area contributed by atoms with E-state index in [1.807, 2.05) is 91.0 Å². The summed E-state index contributed by atoms with van der Waals surface area (Å²) in [5.74, 6) is 0.0329. The Labute approximate surface area is 289 Å². The van der Waals surface area contributed by atoms with Gasteiger partial charge in [-0.3, -0.25) is 9.59 Å². The Bertz CT molecular complexity index is 2180. The van der Waals surface area contributed by atoms with E-state index in [0.717, 1.165) is 16.7 Å². The first kappa shape index (κ1) is 31.6. The first-order valence-corrected chi connectivity index (χ1v) is 16.6. The summed E-state index contributed by atoms with van der Waals surface area (Å²) in [4.78, 5) is 35.6. The van der Waals surface area contributed by atoms with Gasteiger partial charge in [-0.05, 0) is 28.8 Å². The number of nitrogens with zero attached hydrogens (tertiary/aromatic N) is 1. The van der Waals surface area contributed by atoms with Crippen LogP contribution in [0.4, 0.5) is 0 Å². The number of rotatable bonds is 11. The van der Waals surface area contributed by atoms with Crippen LogP contribution in [-0.4, -0.2) is 46.5 Å². The molecule has 248 valence electrons. The Morgan fingerprint density at radius 3 is 1.86 bits per heavy atom. The van der Waals surface area contributed by atoms with Gasteiger partial charge in [-0.1, -0.05) is 115 Å². The van der Waals surface area contributed by atoms with E-state index >= 15 is 0 Å². The minimum Gasteiger partial charge on any atom is -0.492 e. The molecule has 50 heavy (non-hydrogen) atoms. The van der Waals surface area contributed by atoms with Crippen LogP contribution in [0.2, 0.25) is 0 Å². The van der Waals surface area contributed by atoms with Gasteiger partial charge in [0, 0.05) is 16.7 Å². The number of hydrogen-bond donors (Lipinski definition) is 1. The highest BCUT2D eigenvalue weighted by atomic mass is 16.6. The van der Waals surface area contributed by atoms with E-state index in [2.05, 4.69) is 4.98 Å². The minimum atomic E-state index is -0.632. The molecule has 2 aliphatic rings. The normalized spacial score (nSPS) is 18.3. The molecule has 1 aliphatic carbocycles. The molecule has 8 heteroatoms. The fourth-order valence-electron chi connectivity index (χ4n) is 6.57. The van der Waals surface area contributed by atoms with Gasteiger partial charge in [0.2, 0.25) is 0 Å². The van der Waals surface area contributed by atoms with Crippen LogP contribution < -0.4 is 0 Å². The first-order chi connectivity index (χ1) is 24.6. The Hall–Kier alpha value is -5.67. The molecule has 8 nitrogen and oxygen atoms in total. The lowest BCUT2D eigenvalue weighted by Crippen LogP contribution is -2.47. The standard InChI is InChI=1S/C42H34N2O6/c45-38-30-18-10-11-19-31(30)39(46)36-32(38)20-21-34-37(36)44-42(43-34)33-25-48-35(26-47-22-27-12-4-1-5-13-27)41(50-24-29-16-8-3-9-17-29)40(33)49-23-28-14-6-2-7-15-28/h1-21,25,35,40-41H,22-24,26H2,(H,43,44)/t35-,40-,41-/m1/s1. The Morgan fingerprint density at radius 1 is 0.620 bits per heavy atom. The van der Waals surface area contributed by atoms with Gasteiger partial charge >= 0.3 is 0 Å². The van der Waals surface area contributed by atoms with Crippen molar-refractivity contribution in [3.8, 4) is 0 Å². The molecule has 0 saturated heterocycles. The second-order valence-electron chi connectivity index (χ2n) is 12.4. The van der Waals surface area contributed by atoms with Crippen LogP contribution >= 0.6 is 0 Å². The van der Waals surface area contributed by atoms with Crippen molar-refractivity contribution in [2.75, 3.05) is 6.61 Å². The highest BCUT2D eigenvalue weighted by Crippen LogP contribution is 2.36. The van der Waals surface area contributed by atoms with E-state index in [9.17, 15) is 9.59 Å². The molecular formula is C42H34N2O6. The monoisotopic (exact) mass is 662 g/mol. The minimum absolute atomic E-state index is 0.196. The second kappa shape index (κ2) is 14.1. The number of H-pyrrole nitrogens is 1. The summed E-state index contributed by atoms with van der Waals surface area (Å²) >= 11 is 0. The van der Waals surface area contributed by atoms with Crippen molar-refractivity contribution in [3.63, 3.8) is 0 Å². The van der Waals surface area contributed by atoms with E-state index in [4.69, 9.17) is 23.9 Å². The number of ether oxygens (including phenoxy) is 4. The Balaban J connectivity index is 1.16. The molecule has 0 unspecified atom stereocenters. The fraction of sp³-hybridized carbons (Fsp3) is 0.167. The van der Waals surface area contributed by atoms with E-state index in [1.165, 1.54) is 0 Å². The number of aromatic nitrogens is 2. The summed E-state index contributed by atoms with van der Waals surface area (Å²) < 4.78 is 25.9. The Kier molecular flexibility index (Phi) is 8.88. The largest absolute Gasteiger partial charge is 0.492 e. The van der Waals surface area contributed by atoms with Gasteiger partial charge < -0.3 is 23.9 Å². The number of hydrogen-bond acceptors (Lipinski definition) is 7. The second-order valence-corrected chi connectivity index (χ2v) is 12.4. The summed E-state index contributed by atoms with van der Waals surface area (Å²) in [7, 11) is 0. The maximum atomic E-state index is 13.8. The van der Waals surface area contributed by atoms with Gasteiger partial charge in [0.25, 0.3) is 0 Å². The van der Waals surface area contributed by atoms with Crippen LogP contribution in [0.5, 0.6) is 0 Å². The zero-order valence-electron chi connectivity index (χ0n) is 27.2. The van der Waals surface area contributed by atoms with Gasteiger partial charge in [0.05, 0.1) is 49.3 Å². The Morgan fingerprint density at radius 2 is 1.20 bits per heavy atom. The van der Waals surface area contributed by atoms with E-state index in [1.54, 1.807) is 42.7 Å². The quantitative estimate of drug-likeness (QED) is 0.153. The van der Waals surface area contributed by atoms with Crippen molar-refractivity contribution in [2.45, 2.75) is 38.1 Å². The van der Waals surface area contributed by atoms with Crippen LogP contribution in [0.3, 0.4) is 0 Å². The average Bonchev–Trinajstić information content (AvgIpc) is 3.61. The number of nitrogens with one attached hydrogen (secondary N) is 1. The number of fused-ring (bicyclic) bond motifs is 4. The molecule has 0 amide bonds. The summed E-state index contributed by atoms with van der Waals surface area (Å²) in [6, 6.07) is 40.3. The highest BCUT2D eigenvalue weighted by Gasteiger charge is 2.41. The third-order valence-corrected chi connectivity index (χ3v) is 9.11. The van der Waals surface area contributed by atoms with E-state index in [0.29, 0.717) is 58.9 Å². The molecule has 3 atom stereocenters. The molecule has 0 spiro atoms. The molecule has 5 aromatic carbocycles. The van der Waals surface area contributed by atoms with Crippen LogP contribution in [0.1, 0.15) is 54.4 Å². The number of benzene rings is 5. The topological polar surface area (TPSA) is 99.7 Å². The molecule has 0 bridgehead atoms. The molecule has 1 aromatic heterocycles. The lowest BCUT2D eigenvalue weighted by atomic mass is 9.83. The molecule has 0 saturated carbocycles. The smallest absolute Gasteiger partial charge is 0.196 e. The molecule has 8 rings (SSSR count). The predicted octanol–water partition coefficient (Wildman–Crippen LogP) is 7.47. The summed E-state index contributed by atoms with van der Waals surface area (Å²) in [5, 5.41) is 0. The molecule has 6 aromatic rings. The molecule has 0 radical (unpaired) electrons. The van der Waals surface area contributed by atoms with Crippen molar-refractivity contribution >= 4 is 28.2 Å². The zero-order valence-corrected chi connectivity index (χ0v) is 27.2. The van der Waals surface area contributed by atoms with Crippen molar-refractivity contribution in [1.82, 2.24) is 9.97 Å². The maximum Gasteiger partial charge on any atom is 0.196 e. The zero-order chi connectivity index (χ0) is 33.9. The summed E-state index contributed by atoms with van der Waals surface area (Å²) in [6.07, 6.45) is -0.0692. The highest BCUT2D eigenvalue weighted by molar-refractivity contribution is 6.31. The number of carbonyl (C=O) groups is 2. The van der Waals surface area contributed by atoms with E-state index < -0.39 is 18.3 Å². The lowest BCUT2D eigenvalue weighted by molar-refractivity contribution is -0.143. The molecule has 2 heterocycles. The summed E-state index contributed by atoms with van der Waals surface area (Å²) in [6.45, 7) is 1.31. The fourth-order valence-corrected chi connectivity index (χ4v) is 6.57. The van der Waals surface area contributed by atoms with Crippen LogP contribution in [0.15, 0.2) is 134 Å². The van der Waals surface area contributed by atoms with E-state index in [-0.39, 0.29) is 23.7 Å². The van der Waals surface area contributed by atoms with Gasteiger partial charge in [-0.2, -0.15) is 0 Å². The predicted molar refractivity (Wildman–Crippen MR) is 188 cm³/mol. The number of ketones is 2. The van der Waals surface area contributed by atoms with Crippen LogP contribution in [-0.2, 0) is 38.8 Å². The third kappa shape index (κ3) is 6.28. The van der Waals surface area contributed by atoms with Crippen molar-refractivity contribution in [2.24, 2.45) is 0 Å². The van der Waals surface area contributed by atoms with Gasteiger partial charge in [-0.25, -0.2) is 4.98 Å². The molecule has 1 N–H and O–H groups in total. The number of imidazole rings is 1. The molecule has 1 aliphatic heterocycles. The van der Waals surface area contributed by atoms with Crippen molar-refractivity contribution in [1.29, 1.82) is 0 Å². The lowest BCUT2D eigenvalue weighted by Gasteiger charge is -2.37. The number of aromatic amines is 1. The average molecular weight is 663 g/mol. The van der Waals surface area contributed by atoms with Crippen molar-refractivity contribution < 1.29 is 28.5 Å². The summed E-state index contributed by atoms with van der Waals surface area (Å²) in [5.41, 5.74) is 6.13. The SMILES string of the molecule is O=C1c2ccccc2C(=O)c2c1ccc1[nH]c(C3=CO[C@H](COCc4ccccc4)[C@@H](OCc4ccccc4)[C@@H]3OCc3ccccc3)nc21. The molecule has 0 fully saturated rings. The first-order valence-electron chi connectivity index (χ1n) is 16.6. The third-order valence-electron chi connectivity index (χ3n) is 9.11. The van der Waals surface area contributed by atoms with Crippen LogP contribution in [0.25, 0.3) is 16.6 Å². The molecular weight excluding hydrogens is 628 g/mol. The maximum absolute atomic E-state index is 13.8. The number of carbonyl (C=O) groups excluding carboxylic acids is 2. The van der Waals surface area contributed by atoms with Crippen molar-refractivity contribution in [3.05, 3.63) is 178 Å². The van der Waals surface area contributed by atoms with Gasteiger partial charge in [-0.15, -0.1) is 0 Å². The van der Waals surface area contributed by atoms with Crippen LogP contribution in [0, 0.1) is 0 Å². The van der Waals surface area contributed by atoms with Gasteiger partial charge in [0.1, 0.15) is 29.7 Å².